The van der Waals surface area contributed by atoms with Crippen LogP contribution in [0.15, 0.2) is 18.5 Å². The fourth-order valence-corrected chi connectivity index (χ4v) is 2.22. The Bertz CT molecular complexity index is 346. The van der Waals surface area contributed by atoms with E-state index in [0.717, 1.165) is 43.4 Å². The first kappa shape index (κ1) is 11.4. The van der Waals surface area contributed by atoms with E-state index in [1.807, 2.05) is 6.07 Å². The minimum atomic E-state index is -0.668. The van der Waals surface area contributed by atoms with Crippen LogP contribution in [0.1, 0.15) is 44.6 Å². The van der Waals surface area contributed by atoms with Crippen LogP contribution >= 0.6 is 0 Å². The van der Waals surface area contributed by atoms with Gasteiger partial charge in [0.2, 0.25) is 0 Å². The first-order valence-corrected chi connectivity index (χ1v) is 6.05. The number of rotatable bonds is 4. The van der Waals surface area contributed by atoms with Gasteiger partial charge >= 0.3 is 0 Å². The van der Waals surface area contributed by atoms with Gasteiger partial charge in [-0.05, 0) is 25.3 Å². The maximum Gasteiger partial charge on any atom is 0.137 e. The first-order chi connectivity index (χ1) is 7.74. The normalized spacial score (nSPS) is 18.6. The molecule has 16 heavy (non-hydrogen) atoms. The highest BCUT2D eigenvalue weighted by molar-refractivity contribution is 5.28. The molecular weight excluding hydrogens is 202 g/mol. The largest absolute Gasteiger partial charge is 0.492 e. The van der Waals surface area contributed by atoms with E-state index in [0.29, 0.717) is 6.61 Å². The molecule has 1 aromatic rings. The average molecular weight is 221 g/mol. The lowest BCUT2D eigenvalue weighted by Crippen LogP contribution is -2.21. The van der Waals surface area contributed by atoms with Crippen LogP contribution in [0.3, 0.4) is 0 Å². The molecule has 1 aliphatic rings. The second kappa shape index (κ2) is 4.83. The van der Waals surface area contributed by atoms with Crippen molar-refractivity contribution in [2.24, 2.45) is 0 Å². The second-order valence-electron chi connectivity index (χ2n) is 4.50. The van der Waals surface area contributed by atoms with Crippen molar-refractivity contribution in [2.45, 2.75) is 44.6 Å². The molecule has 0 radical (unpaired) electrons. The van der Waals surface area contributed by atoms with Gasteiger partial charge in [0.15, 0.2) is 0 Å². The molecule has 0 amide bonds. The van der Waals surface area contributed by atoms with E-state index in [1.165, 1.54) is 0 Å². The summed E-state index contributed by atoms with van der Waals surface area (Å²) in [6, 6.07) is 1.92. The Balaban J connectivity index is 2.15. The summed E-state index contributed by atoms with van der Waals surface area (Å²) in [5, 5.41) is 10.4. The molecule has 1 N–H and O–H groups in total. The minimum Gasteiger partial charge on any atom is -0.492 e. The summed E-state index contributed by atoms with van der Waals surface area (Å²) in [6.45, 7) is 2.77. The van der Waals surface area contributed by atoms with Crippen LogP contribution in [-0.2, 0) is 5.60 Å². The van der Waals surface area contributed by atoms with Gasteiger partial charge in [0.25, 0.3) is 0 Å². The molecule has 3 nitrogen and oxygen atoms in total. The number of nitrogens with zero attached hydrogens (tertiary/aromatic N) is 1. The molecule has 88 valence electrons. The summed E-state index contributed by atoms with van der Waals surface area (Å²) in [7, 11) is 0. The van der Waals surface area contributed by atoms with Crippen molar-refractivity contribution in [1.82, 2.24) is 4.98 Å². The van der Waals surface area contributed by atoms with E-state index in [-0.39, 0.29) is 0 Å². The third-order valence-corrected chi connectivity index (χ3v) is 3.15. The molecule has 1 fully saturated rings. The lowest BCUT2D eigenvalue weighted by molar-refractivity contribution is 0.0438. The van der Waals surface area contributed by atoms with Crippen molar-refractivity contribution >= 4 is 0 Å². The summed E-state index contributed by atoms with van der Waals surface area (Å²) in [6.07, 6.45) is 8.31. The van der Waals surface area contributed by atoms with E-state index < -0.39 is 5.60 Å². The summed E-state index contributed by atoms with van der Waals surface area (Å²) >= 11 is 0. The van der Waals surface area contributed by atoms with Gasteiger partial charge in [-0.15, -0.1) is 0 Å². The predicted octanol–water partition coefficient (Wildman–Crippen LogP) is 2.63. The lowest BCUT2D eigenvalue weighted by Gasteiger charge is -2.22. The number of aromatic nitrogens is 1. The van der Waals surface area contributed by atoms with Gasteiger partial charge < -0.3 is 9.84 Å². The van der Waals surface area contributed by atoms with Gasteiger partial charge in [0.05, 0.1) is 18.4 Å². The zero-order chi connectivity index (χ0) is 11.4. The second-order valence-corrected chi connectivity index (χ2v) is 4.50. The Morgan fingerprint density at radius 2 is 2.12 bits per heavy atom. The maximum atomic E-state index is 10.4. The average Bonchev–Trinajstić information content (AvgIpc) is 2.75. The molecule has 0 bridgehead atoms. The molecular formula is C13H19NO2. The molecule has 0 spiro atoms. The number of hydrogen-bond donors (Lipinski definition) is 1. The predicted molar refractivity (Wildman–Crippen MR) is 62.4 cm³/mol. The Kier molecular flexibility index (Phi) is 3.44. The molecule has 3 heteroatoms. The van der Waals surface area contributed by atoms with Crippen LogP contribution in [-0.4, -0.2) is 16.7 Å². The summed E-state index contributed by atoms with van der Waals surface area (Å²) < 4.78 is 5.53. The molecule has 0 saturated heterocycles. The van der Waals surface area contributed by atoms with Gasteiger partial charge in [-0.3, -0.25) is 4.98 Å². The Morgan fingerprint density at radius 3 is 2.81 bits per heavy atom. The fourth-order valence-electron chi connectivity index (χ4n) is 2.22. The van der Waals surface area contributed by atoms with Gasteiger partial charge in [-0.1, -0.05) is 19.8 Å². The smallest absolute Gasteiger partial charge is 0.137 e. The maximum absolute atomic E-state index is 10.4. The quantitative estimate of drug-likeness (QED) is 0.849. The van der Waals surface area contributed by atoms with Crippen LogP contribution in [0.25, 0.3) is 0 Å². The summed E-state index contributed by atoms with van der Waals surface area (Å²) in [4.78, 5) is 4.14. The van der Waals surface area contributed by atoms with Crippen molar-refractivity contribution in [1.29, 1.82) is 0 Å². The number of ether oxygens (including phenoxy) is 1. The molecule has 0 aromatic carbocycles. The topological polar surface area (TPSA) is 42.4 Å². The van der Waals surface area contributed by atoms with Crippen molar-refractivity contribution in [3.63, 3.8) is 0 Å². The molecule has 0 atom stereocenters. The Labute approximate surface area is 96.5 Å². The lowest BCUT2D eigenvalue weighted by atomic mass is 9.94. The van der Waals surface area contributed by atoms with Crippen molar-refractivity contribution < 1.29 is 9.84 Å². The van der Waals surface area contributed by atoms with Crippen molar-refractivity contribution in [3.05, 3.63) is 24.0 Å². The Morgan fingerprint density at radius 1 is 1.38 bits per heavy atom. The molecule has 1 saturated carbocycles. The zero-order valence-corrected chi connectivity index (χ0v) is 9.78. The highest BCUT2D eigenvalue weighted by Gasteiger charge is 2.33. The standard InChI is InChI=1S/C13H19NO2/c1-2-7-16-12-8-11(9-14-10-12)13(15)5-3-4-6-13/h8-10,15H,2-7H2,1H3. The minimum absolute atomic E-state index is 0.668. The monoisotopic (exact) mass is 221 g/mol. The van der Waals surface area contributed by atoms with Crippen LogP contribution in [0.2, 0.25) is 0 Å². The van der Waals surface area contributed by atoms with Crippen LogP contribution in [0, 0.1) is 0 Å². The summed E-state index contributed by atoms with van der Waals surface area (Å²) in [5.41, 5.74) is 0.233. The van der Waals surface area contributed by atoms with Crippen LogP contribution < -0.4 is 4.74 Å². The summed E-state index contributed by atoms with van der Waals surface area (Å²) in [5.74, 6) is 0.764. The van der Waals surface area contributed by atoms with E-state index in [4.69, 9.17) is 4.74 Å². The van der Waals surface area contributed by atoms with Gasteiger partial charge in [0.1, 0.15) is 5.75 Å². The SMILES string of the molecule is CCCOc1cncc(C2(O)CCCC2)c1. The van der Waals surface area contributed by atoms with Crippen LogP contribution in [0.4, 0.5) is 0 Å². The van der Waals surface area contributed by atoms with Gasteiger partial charge in [0, 0.05) is 11.8 Å². The fraction of sp³-hybridized carbons (Fsp3) is 0.615. The number of pyridine rings is 1. The molecule has 1 heterocycles. The van der Waals surface area contributed by atoms with Crippen LogP contribution in [0.5, 0.6) is 5.75 Å². The number of hydrogen-bond acceptors (Lipinski definition) is 3. The molecule has 1 aliphatic carbocycles. The van der Waals surface area contributed by atoms with Crippen molar-refractivity contribution in [2.75, 3.05) is 6.61 Å². The number of aliphatic hydroxyl groups is 1. The third-order valence-electron chi connectivity index (χ3n) is 3.15. The van der Waals surface area contributed by atoms with Gasteiger partial charge in [-0.2, -0.15) is 0 Å². The highest BCUT2D eigenvalue weighted by atomic mass is 16.5. The van der Waals surface area contributed by atoms with Gasteiger partial charge in [-0.25, -0.2) is 0 Å². The molecule has 0 unspecified atom stereocenters. The van der Waals surface area contributed by atoms with E-state index in [9.17, 15) is 5.11 Å². The third kappa shape index (κ3) is 2.35. The Hall–Kier alpha value is -1.09. The molecule has 2 rings (SSSR count). The molecule has 1 aromatic heterocycles. The van der Waals surface area contributed by atoms with E-state index in [2.05, 4.69) is 11.9 Å². The zero-order valence-electron chi connectivity index (χ0n) is 9.78. The first-order valence-electron chi connectivity index (χ1n) is 6.05. The molecule has 0 aliphatic heterocycles. The van der Waals surface area contributed by atoms with Crippen molar-refractivity contribution in [3.8, 4) is 5.75 Å². The van der Waals surface area contributed by atoms with E-state index >= 15 is 0 Å². The van der Waals surface area contributed by atoms with E-state index in [1.54, 1.807) is 12.4 Å². The highest BCUT2D eigenvalue weighted by Crippen LogP contribution is 2.38.